The number of hydrogen-bond donors (Lipinski definition) is 0. The summed E-state index contributed by atoms with van der Waals surface area (Å²) in [6.07, 6.45) is 6.90. The van der Waals surface area contributed by atoms with Crippen LogP contribution >= 0.6 is 0 Å². The molecule has 0 saturated heterocycles. The van der Waals surface area contributed by atoms with E-state index in [1.165, 1.54) is 0 Å². The highest BCUT2D eigenvalue weighted by Crippen LogP contribution is 1.97. The van der Waals surface area contributed by atoms with Crippen LogP contribution in [0.5, 0.6) is 0 Å². The summed E-state index contributed by atoms with van der Waals surface area (Å²) in [5, 5.41) is 0. The Morgan fingerprint density at radius 1 is 1.23 bits per heavy atom. The van der Waals surface area contributed by atoms with E-state index in [1.807, 2.05) is 33.9 Å². The fraction of sp³-hybridized carbons (Fsp3) is 0.364. The first-order valence-corrected chi connectivity index (χ1v) is 4.66. The highest BCUT2D eigenvalue weighted by atomic mass is 15.0. The molecule has 2 heteroatoms. The molecule has 0 radical (unpaired) electrons. The molecule has 0 amide bonds. The first-order valence-electron chi connectivity index (χ1n) is 4.66. The zero-order chi connectivity index (χ0) is 10.7. The Labute approximate surface area is 81.6 Å². The zero-order valence-corrected chi connectivity index (χ0v) is 9.12. The monoisotopic (exact) mass is 180 g/mol. The maximum atomic E-state index is 3.98. The summed E-state index contributed by atoms with van der Waals surface area (Å²) in [5.41, 5.74) is 0. The van der Waals surface area contributed by atoms with Crippen molar-refractivity contribution >= 4 is 12.3 Å². The van der Waals surface area contributed by atoms with E-state index in [1.54, 1.807) is 23.0 Å². The molecular formula is C11H20N2. The van der Waals surface area contributed by atoms with Gasteiger partial charge in [0, 0.05) is 18.6 Å². The quantitative estimate of drug-likeness (QED) is 0.679. The Kier molecular flexibility index (Phi) is 11.7. The maximum absolute atomic E-state index is 3.98. The molecule has 1 aromatic heterocycles. The van der Waals surface area contributed by atoms with Crippen molar-refractivity contribution in [1.82, 2.24) is 9.55 Å². The SMILES string of the molecule is C=Cc1nccn1C=C.CC.CC. The molecule has 0 aliphatic rings. The van der Waals surface area contributed by atoms with Gasteiger partial charge in [-0.2, -0.15) is 0 Å². The van der Waals surface area contributed by atoms with Gasteiger partial charge in [-0.05, 0) is 6.08 Å². The van der Waals surface area contributed by atoms with Crippen LogP contribution in [0.2, 0.25) is 0 Å². The highest BCUT2D eigenvalue weighted by molar-refractivity contribution is 5.41. The van der Waals surface area contributed by atoms with Crippen molar-refractivity contribution < 1.29 is 0 Å². The van der Waals surface area contributed by atoms with Gasteiger partial charge in [0.25, 0.3) is 0 Å². The van der Waals surface area contributed by atoms with Crippen molar-refractivity contribution in [1.29, 1.82) is 0 Å². The van der Waals surface area contributed by atoms with E-state index in [9.17, 15) is 0 Å². The Balaban J connectivity index is 0. The summed E-state index contributed by atoms with van der Waals surface area (Å²) >= 11 is 0. The van der Waals surface area contributed by atoms with Crippen molar-refractivity contribution in [3.8, 4) is 0 Å². The summed E-state index contributed by atoms with van der Waals surface area (Å²) in [5.74, 6) is 0.824. The molecule has 1 rings (SSSR count). The lowest BCUT2D eigenvalue weighted by Crippen LogP contribution is -1.85. The number of nitrogens with zero attached hydrogens (tertiary/aromatic N) is 2. The minimum Gasteiger partial charge on any atom is -0.308 e. The lowest BCUT2D eigenvalue weighted by Gasteiger charge is -1.91. The average molecular weight is 180 g/mol. The third-order valence-electron chi connectivity index (χ3n) is 1.08. The van der Waals surface area contributed by atoms with Crippen molar-refractivity contribution in [3.05, 3.63) is 31.4 Å². The summed E-state index contributed by atoms with van der Waals surface area (Å²) in [6.45, 7) is 15.2. The van der Waals surface area contributed by atoms with Crippen molar-refractivity contribution in [2.75, 3.05) is 0 Å². The van der Waals surface area contributed by atoms with Gasteiger partial charge in [0.15, 0.2) is 0 Å². The van der Waals surface area contributed by atoms with Crippen molar-refractivity contribution in [3.63, 3.8) is 0 Å². The predicted octanol–water partition coefficient (Wildman–Crippen LogP) is 3.68. The number of aromatic nitrogens is 2. The summed E-state index contributed by atoms with van der Waals surface area (Å²) in [7, 11) is 0. The van der Waals surface area contributed by atoms with E-state index in [-0.39, 0.29) is 0 Å². The van der Waals surface area contributed by atoms with Crippen LogP contribution in [0.1, 0.15) is 33.5 Å². The van der Waals surface area contributed by atoms with E-state index in [0.29, 0.717) is 0 Å². The van der Waals surface area contributed by atoms with E-state index in [0.717, 1.165) is 5.82 Å². The molecule has 0 aliphatic carbocycles. The van der Waals surface area contributed by atoms with Crippen LogP contribution < -0.4 is 0 Å². The summed E-state index contributed by atoms with van der Waals surface area (Å²) < 4.78 is 1.80. The predicted molar refractivity (Wildman–Crippen MR) is 61.4 cm³/mol. The van der Waals surface area contributed by atoms with Gasteiger partial charge in [-0.25, -0.2) is 4.98 Å². The van der Waals surface area contributed by atoms with E-state index in [2.05, 4.69) is 18.1 Å². The van der Waals surface area contributed by atoms with Gasteiger partial charge < -0.3 is 4.57 Å². The maximum Gasteiger partial charge on any atom is 0.136 e. The van der Waals surface area contributed by atoms with Crippen molar-refractivity contribution in [2.24, 2.45) is 0 Å². The van der Waals surface area contributed by atoms with Gasteiger partial charge in [-0.15, -0.1) is 0 Å². The second kappa shape index (κ2) is 10.7. The first-order chi connectivity index (χ1) is 6.38. The lowest BCUT2D eigenvalue weighted by atomic mass is 10.6. The van der Waals surface area contributed by atoms with Crippen LogP contribution in [0.15, 0.2) is 25.6 Å². The van der Waals surface area contributed by atoms with E-state index < -0.39 is 0 Å². The fourth-order valence-corrected chi connectivity index (χ4v) is 0.637. The first kappa shape index (κ1) is 14.2. The fourth-order valence-electron chi connectivity index (χ4n) is 0.637. The molecule has 0 spiro atoms. The third-order valence-corrected chi connectivity index (χ3v) is 1.08. The molecule has 0 bridgehead atoms. The van der Waals surface area contributed by atoms with E-state index >= 15 is 0 Å². The number of imidazole rings is 1. The van der Waals surface area contributed by atoms with Crippen LogP contribution in [0, 0.1) is 0 Å². The Morgan fingerprint density at radius 2 is 1.77 bits per heavy atom. The highest BCUT2D eigenvalue weighted by Gasteiger charge is 1.89. The number of rotatable bonds is 2. The zero-order valence-electron chi connectivity index (χ0n) is 9.12. The summed E-state index contributed by atoms with van der Waals surface area (Å²) in [4.78, 5) is 3.98. The normalized spacial score (nSPS) is 7.08. The molecule has 0 fully saturated rings. The number of hydrogen-bond acceptors (Lipinski definition) is 1. The average Bonchev–Trinajstić information content (AvgIpc) is 2.70. The van der Waals surface area contributed by atoms with Gasteiger partial charge >= 0.3 is 0 Å². The second-order valence-electron chi connectivity index (χ2n) is 1.58. The minimum absolute atomic E-state index is 0.824. The molecule has 0 N–H and O–H groups in total. The second-order valence-corrected chi connectivity index (χ2v) is 1.58. The molecule has 1 aromatic rings. The minimum atomic E-state index is 0.824. The molecular weight excluding hydrogens is 160 g/mol. The largest absolute Gasteiger partial charge is 0.308 e. The molecule has 0 saturated carbocycles. The molecule has 0 atom stereocenters. The standard InChI is InChI=1S/C7H8N2.2C2H6/c1-3-7-8-5-6-9(7)4-2;2*1-2/h3-6H,1-2H2;2*1-2H3. The smallest absolute Gasteiger partial charge is 0.136 e. The topological polar surface area (TPSA) is 17.8 Å². The molecule has 13 heavy (non-hydrogen) atoms. The Hall–Kier alpha value is -1.31. The third kappa shape index (κ3) is 5.01. The van der Waals surface area contributed by atoms with Gasteiger partial charge in [0.1, 0.15) is 5.82 Å². The molecule has 74 valence electrons. The van der Waals surface area contributed by atoms with Crippen molar-refractivity contribution in [2.45, 2.75) is 27.7 Å². The van der Waals surface area contributed by atoms with Crippen LogP contribution in [0.4, 0.5) is 0 Å². The molecule has 2 nitrogen and oxygen atoms in total. The Bertz CT molecular complexity index is 201. The summed E-state index contributed by atoms with van der Waals surface area (Å²) in [6, 6.07) is 0. The van der Waals surface area contributed by atoms with E-state index in [4.69, 9.17) is 0 Å². The lowest BCUT2D eigenvalue weighted by molar-refractivity contribution is 1.11. The van der Waals surface area contributed by atoms with Crippen LogP contribution in [0.25, 0.3) is 12.3 Å². The van der Waals surface area contributed by atoms with Gasteiger partial charge in [0.05, 0.1) is 0 Å². The molecule has 1 heterocycles. The molecule has 0 aromatic carbocycles. The van der Waals surface area contributed by atoms with Gasteiger partial charge in [0.2, 0.25) is 0 Å². The molecule has 0 aliphatic heterocycles. The van der Waals surface area contributed by atoms with Crippen LogP contribution in [0.3, 0.4) is 0 Å². The van der Waals surface area contributed by atoms with Gasteiger partial charge in [-0.1, -0.05) is 40.9 Å². The van der Waals surface area contributed by atoms with Crippen LogP contribution in [-0.4, -0.2) is 9.55 Å². The molecule has 0 unspecified atom stereocenters. The Morgan fingerprint density at radius 3 is 2.08 bits per heavy atom. The van der Waals surface area contributed by atoms with Gasteiger partial charge in [-0.3, -0.25) is 0 Å². The van der Waals surface area contributed by atoms with Crippen LogP contribution in [-0.2, 0) is 0 Å².